The SMILES string of the molecule is CN(C)S(=O)(=O)c1ccsc1CNC1CC1. The largest absolute Gasteiger partial charge is 0.309 e. The molecule has 0 atom stereocenters. The zero-order valence-electron chi connectivity index (χ0n) is 9.43. The normalized spacial score (nSPS) is 16.9. The summed E-state index contributed by atoms with van der Waals surface area (Å²) in [7, 11) is -0.167. The van der Waals surface area contributed by atoms with Crippen LogP contribution in [0.5, 0.6) is 0 Å². The molecule has 0 bridgehead atoms. The van der Waals surface area contributed by atoms with Gasteiger partial charge in [0.05, 0.1) is 4.90 Å². The minimum Gasteiger partial charge on any atom is -0.309 e. The van der Waals surface area contributed by atoms with E-state index in [0.29, 0.717) is 17.5 Å². The van der Waals surface area contributed by atoms with Gasteiger partial charge in [-0.15, -0.1) is 11.3 Å². The van der Waals surface area contributed by atoms with Crippen molar-refractivity contribution in [3.05, 3.63) is 16.3 Å². The van der Waals surface area contributed by atoms with E-state index in [2.05, 4.69) is 5.32 Å². The summed E-state index contributed by atoms with van der Waals surface area (Å²) in [5.41, 5.74) is 0. The first-order valence-corrected chi connectivity index (χ1v) is 7.56. The summed E-state index contributed by atoms with van der Waals surface area (Å²) in [4.78, 5) is 1.34. The van der Waals surface area contributed by atoms with E-state index in [9.17, 15) is 8.42 Å². The first kappa shape index (κ1) is 12.0. The molecule has 16 heavy (non-hydrogen) atoms. The molecule has 0 radical (unpaired) electrons. The van der Waals surface area contributed by atoms with Gasteiger partial charge < -0.3 is 5.32 Å². The monoisotopic (exact) mass is 260 g/mol. The summed E-state index contributed by atoms with van der Waals surface area (Å²) >= 11 is 1.50. The maximum Gasteiger partial charge on any atom is 0.243 e. The molecule has 0 aliphatic heterocycles. The van der Waals surface area contributed by atoms with Crippen molar-refractivity contribution in [1.29, 1.82) is 0 Å². The molecule has 0 unspecified atom stereocenters. The highest BCUT2D eigenvalue weighted by atomic mass is 32.2. The smallest absolute Gasteiger partial charge is 0.243 e. The van der Waals surface area contributed by atoms with Crippen molar-refractivity contribution in [1.82, 2.24) is 9.62 Å². The minimum absolute atomic E-state index is 0.440. The summed E-state index contributed by atoms with van der Waals surface area (Å²) < 4.78 is 25.2. The van der Waals surface area contributed by atoms with Crippen LogP contribution in [0.4, 0.5) is 0 Å². The molecule has 4 nitrogen and oxygen atoms in total. The van der Waals surface area contributed by atoms with Crippen LogP contribution in [0.25, 0.3) is 0 Å². The molecule has 90 valence electrons. The Morgan fingerprint density at radius 3 is 2.75 bits per heavy atom. The van der Waals surface area contributed by atoms with Crippen LogP contribution >= 0.6 is 11.3 Å². The van der Waals surface area contributed by atoms with Gasteiger partial charge in [0.25, 0.3) is 0 Å². The Bertz CT molecular complexity index is 461. The predicted molar refractivity (Wildman–Crippen MR) is 65.1 cm³/mol. The van der Waals surface area contributed by atoms with E-state index < -0.39 is 10.0 Å². The van der Waals surface area contributed by atoms with Crippen LogP contribution in [-0.2, 0) is 16.6 Å². The van der Waals surface area contributed by atoms with Crippen molar-refractivity contribution in [3.63, 3.8) is 0 Å². The van der Waals surface area contributed by atoms with Crippen LogP contribution in [0.15, 0.2) is 16.3 Å². The lowest BCUT2D eigenvalue weighted by Crippen LogP contribution is -2.24. The molecular formula is C10H16N2O2S2. The number of hydrogen-bond donors (Lipinski definition) is 1. The lowest BCUT2D eigenvalue weighted by atomic mass is 10.4. The summed E-state index contributed by atoms with van der Waals surface area (Å²) in [6, 6.07) is 2.28. The summed E-state index contributed by atoms with van der Waals surface area (Å²) in [6.45, 7) is 0.657. The second-order valence-electron chi connectivity index (χ2n) is 4.15. The maximum absolute atomic E-state index is 12.0. The lowest BCUT2D eigenvalue weighted by molar-refractivity contribution is 0.519. The van der Waals surface area contributed by atoms with E-state index in [1.807, 2.05) is 5.38 Å². The van der Waals surface area contributed by atoms with Gasteiger partial charge in [-0.25, -0.2) is 12.7 Å². The van der Waals surface area contributed by atoms with E-state index in [4.69, 9.17) is 0 Å². The average molecular weight is 260 g/mol. The van der Waals surface area contributed by atoms with Gasteiger partial charge in [-0.2, -0.15) is 0 Å². The average Bonchev–Trinajstić information content (AvgIpc) is 2.92. The molecule has 1 N–H and O–H groups in total. The Kier molecular flexibility index (Phi) is 3.34. The first-order valence-electron chi connectivity index (χ1n) is 5.24. The molecule has 6 heteroatoms. The highest BCUT2D eigenvalue weighted by Crippen LogP contribution is 2.26. The topological polar surface area (TPSA) is 49.4 Å². The van der Waals surface area contributed by atoms with Gasteiger partial charge in [-0.3, -0.25) is 0 Å². The molecule has 1 heterocycles. The first-order chi connectivity index (χ1) is 7.51. The molecule has 0 saturated heterocycles. The molecule has 1 aliphatic carbocycles. The molecular weight excluding hydrogens is 244 g/mol. The fourth-order valence-electron chi connectivity index (χ4n) is 1.41. The van der Waals surface area contributed by atoms with Crippen molar-refractivity contribution in [2.75, 3.05) is 14.1 Å². The van der Waals surface area contributed by atoms with Crippen LogP contribution in [0, 0.1) is 0 Å². The highest BCUT2D eigenvalue weighted by Gasteiger charge is 2.24. The Labute approximate surface area is 100 Å². The van der Waals surface area contributed by atoms with Crippen molar-refractivity contribution >= 4 is 21.4 Å². The zero-order chi connectivity index (χ0) is 11.8. The quantitative estimate of drug-likeness (QED) is 0.867. The van der Waals surface area contributed by atoms with Crippen LogP contribution < -0.4 is 5.32 Å². The van der Waals surface area contributed by atoms with E-state index in [0.717, 1.165) is 4.88 Å². The number of hydrogen-bond acceptors (Lipinski definition) is 4. The Balaban J connectivity index is 2.17. The number of rotatable bonds is 5. The van der Waals surface area contributed by atoms with Gasteiger partial charge in [0.15, 0.2) is 0 Å². The van der Waals surface area contributed by atoms with Gasteiger partial charge in [0, 0.05) is 31.6 Å². The molecule has 1 aromatic heterocycles. The summed E-state index contributed by atoms with van der Waals surface area (Å²) in [6.07, 6.45) is 2.42. The van der Waals surface area contributed by atoms with E-state index in [1.165, 1.54) is 28.5 Å². The minimum atomic E-state index is -3.29. The molecule has 0 spiro atoms. The van der Waals surface area contributed by atoms with Crippen LogP contribution in [0.3, 0.4) is 0 Å². The fraction of sp³-hybridized carbons (Fsp3) is 0.600. The Morgan fingerprint density at radius 1 is 1.50 bits per heavy atom. The zero-order valence-corrected chi connectivity index (χ0v) is 11.1. The third-order valence-electron chi connectivity index (χ3n) is 2.59. The van der Waals surface area contributed by atoms with Crippen LogP contribution in [-0.4, -0.2) is 32.9 Å². The lowest BCUT2D eigenvalue weighted by Gasteiger charge is -2.12. The number of nitrogens with zero attached hydrogens (tertiary/aromatic N) is 1. The fourth-order valence-corrected chi connectivity index (χ4v) is 3.67. The summed E-state index contributed by atoms with van der Waals surface area (Å²) in [5, 5.41) is 5.17. The molecule has 1 fully saturated rings. The van der Waals surface area contributed by atoms with Gasteiger partial charge in [0.1, 0.15) is 0 Å². The second kappa shape index (κ2) is 4.44. The molecule has 0 aromatic carbocycles. The van der Waals surface area contributed by atoms with Crippen LogP contribution in [0.1, 0.15) is 17.7 Å². The van der Waals surface area contributed by atoms with Crippen molar-refractivity contribution < 1.29 is 8.42 Å². The van der Waals surface area contributed by atoms with Crippen LogP contribution in [0.2, 0.25) is 0 Å². The van der Waals surface area contributed by atoms with Gasteiger partial charge in [-0.1, -0.05) is 0 Å². The third-order valence-corrected chi connectivity index (χ3v) is 5.54. The summed E-state index contributed by atoms with van der Waals surface area (Å²) in [5.74, 6) is 0. The maximum atomic E-state index is 12.0. The molecule has 1 saturated carbocycles. The van der Waals surface area contributed by atoms with E-state index in [1.54, 1.807) is 20.2 Å². The molecule has 1 aliphatic rings. The number of thiophene rings is 1. The molecule has 0 amide bonds. The molecule has 1 aromatic rings. The highest BCUT2D eigenvalue weighted by molar-refractivity contribution is 7.89. The van der Waals surface area contributed by atoms with E-state index in [-0.39, 0.29) is 0 Å². The van der Waals surface area contributed by atoms with E-state index >= 15 is 0 Å². The van der Waals surface area contributed by atoms with Crippen molar-refractivity contribution in [3.8, 4) is 0 Å². The predicted octanol–water partition coefficient (Wildman–Crippen LogP) is 1.25. The van der Waals surface area contributed by atoms with Gasteiger partial charge in [-0.05, 0) is 24.3 Å². The number of nitrogens with one attached hydrogen (secondary N) is 1. The van der Waals surface area contributed by atoms with Crippen molar-refractivity contribution in [2.45, 2.75) is 30.3 Å². The Morgan fingerprint density at radius 2 is 2.19 bits per heavy atom. The van der Waals surface area contributed by atoms with Gasteiger partial charge >= 0.3 is 0 Å². The number of sulfonamides is 1. The standard InChI is InChI=1S/C10H16N2O2S2/c1-12(2)16(13,14)10-5-6-15-9(10)7-11-8-3-4-8/h5-6,8,11H,3-4,7H2,1-2H3. The van der Waals surface area contributed by atoms with Crippen molar-refractivity contribution in [2.24, 2.45) is 0 Å². The van der Waals surface area contributed by atoms with Gasteiger partial charge in [0.2, 0.25) is 10.0 Å². The third kappa shape index (κ3) is 2.45. The molecule has 2 rings (SSSR count). The second-order valence-corrected chi connectivity index (χ2v) is 7.27. The Hall–Kier alpha value is -0.430.